The van der Waals surface area contributed by atoms with Crippen molar-refractivity contribution in [2.24, 2.45) is 0 Å². The summed E-state index contributed by atoms with van der Waals surface area (Å²) >= 11 is 5.99. The van der Waals surface area contributed by atoms with E-state index in [0.29, 0.717) is 12.2 Å². The Hall–Kier alpha value is -0.780. The molecule has 1 aliphatic heterocycles. The number of rotatable bonds is 3. The molecular weight excluding hydrogens is 272 g/mol. The molecule has 1 fully saturated rings. The molecule has 0 spiro atoms. The van der Waals surface area contributed by atoms with E-state index in [9.17, 15) is 8.42 Å². The highest BCUT2D eigenvalue weighted by molar-refractivity contribution is 7.89. The molecule has 6 heteroatoms. The molecule has 18 heavy (non-hydrogen) atoms. The van der Waals surface area contributed by atoms with Gasteiger partial charge in [0, 0.05) is 18.3 Å². The van der Waals surface area contributed by atoms with Crippen molar-refractivity contribution in [3.05, 3.63) is 23.2 Å². The molecule has 0 saturated carbocycles. The lowest BCUT2D eigenvalue weighted by Crippen LogP contribution is -2.35. The van der Waals surface area contributed by atoms with Crippen molar-refractivity contribution in [2.75, 3.05) is 12.3 Å². The summed E-state index contributed by atoms with van der Waals surface area (Å²) < 4.78 is 26.7. The summed E-state index contributed by atoms with van der Waals surface area (Å²) in [6.07, 6.45) is 2.63. The van der Waals surface area contributed by atoms with Crippen molar-refractivity contribution in [1.82, 2.24) is 4.31 Å². The topological polar surface area (TPSA) is 63.4 Å². The minimum absolute atomic E-state index is 0.0764. The van der Waals surface area contributed by atoms with Crippen LogP contribution in [0.2, 0.25) is 5.02 Å². The second-order valence-electron chi connectivity index (χ2n) is 4.51. The maximum atomic E-state index is 12.6. The van der Waals surface area contributed by atoms with Crippen LogP contribution in [-0.4, -0.2) is 25.3 Å². The molecule has 1 unspecified atom stereocenters. The Kier molecular flexibility index (Phi) is 3.84. The fourth-order valence-corrected chi connectivity index (χ4v) is 4.66. The smallest absolute Gasteiger partial charge is 0.244 e. The van der Waals surface area contributed by atoms with Crippen LogP contribution in [0.25, 0.3) is 0 Å². The van der Waals surface area contributed by atoms with Gasteiger partial charge in [-0.15, -0.1) is 0 Å². The maximum absolute atomic E-state index is 12.6. The van der Waals surface area contributed by atoms with E-state index in [4.69, 9.17) is 17.3 Å². The van der Waals surface area contributed by atoms with Gasteiger partial charge < -0.3 is 5.73 Å². The van der Waals surface area contributed by atoms with Crippen LogP contribution in [0.3, 0.4) is 0 Å². The van der Waals surface area contributed by atoms with Gasteiger partial charge >= 0.3 is 0 Å². The average molecular weight is 289 g/mol. The van der Waals surface area contributed by atoms with Crippen molar-refractivity contribution >= 4 is 27.3 Å². The minimum Gasteiger partial charge on any atom is -0.399 e. The molecule has 0 aromatic heterocycles. The van der Waals surface area contributed by atoms with E-state index < -0.39 is 10.0 Å². The van der Waals surface area contributed by atoms with Crippen LogP contribution in [0.4, 0.5) is 5.69 Å². The molecule has 100 valence electrons. The van der Waals surface area contributed by atoms with Crippen LogP contribution >= 0.6 is 11.6 Å². The third-order valence-corrected chi connectivity index (χ3v) is 5.77. The summed E-state index contributed by atoms with van der Waals surface area (Å²) in [6.45, 7) is 2.56. The minimum atomic E-state index is -3.53. The maximum Gasteiger partial charge on any atom is 0.244 e. The van der Waals surface area contributed by atoms with Gasteiger partial charge in [0.1, 0.15) is 4.90 Å². The first-order valence-corrected chi connectivity index (χ1v) is 7.85. The normalized spacial score (nSPS) is 21.3. The number of benzene rings is 1. The predicted molar refractivity (Wildman–Crippen MR) is 73.1 cm³/mol. The highest BCUT2D eigenvalue weighted by atomic mass is 35.5. The molecule has 1 aromatic rings. The Labute approximate surface area is 113 Å². The van der Waals surface area contributed by atoms with Gasteiger partial charge in [0.15, 0.2) is 0 Å². The van der Waals surface area contributed by atoms with Crippen LogP contribution in [0.5, 0.6) is 0 Å². The van der Waals surface area contributed by atoms with Crippen molar-refractivity contribution < 1.29 is 8.42 Å². The van der Waals surface area contributed by atoms with E-state index in [2.05, 4.69) is 0 Å². The largest absolute Gasteiger partial charge is 0.399 e. The van der Waals surface area contributed by atoms with Gasteiger partial charge in [0.05, 0.1) is 5.02 Å². The van der Waals surface area contributed by atoms with Gasteiger partial charge in [0.2, 0.25) is 10.0 Å². The molecule has 1 atom stereocenters. The molecule has 1 aromatic carbocycles. The molecule has 2 N–H and O–H groups in total. The molecule has 2 rings (SSSR count). The van der Waals surface area contributed by atoms with Crippen molar-refractivity contribution in [2.45, 2.75) is 37.1 Å². The first-order chi connectivity index (χ1) is 8.46. The van der Waals surface area contributed by atoms with E-state index in [-0.39, 0.29) is 16.0 Å². The van der Waals surface area contributed by atoms with Gasteiger partial charge in [-0.3, -0.25) is 0 Å². The molecule has 0 amide bonds. The Morgan fingerprint density at radius 1 is 1.50 bits per heavy atom. The van der Waals surface area contributed by atoms with Crippen LogP contribution in [0.15, 0.2) is 23.1 Å². The van der Waals surface area contributed by atoms with E-state index in [1.54, 1.807) is 10.4 Å². The summed E-state index contributed by atoms with van der Waals surface area (Å²) in [5.41, 5.74) is 6.06. The number of anilines is 1. The van der Waals surface area contributed by atoms with Gasteiger partial charge in [0.25, 0.3) is 0 Å². The van der Waals surface area contributed by atoms with Crippen molar-refractivity contribution in [3.8, 4) is 0 Å². The number of nitrogen functional groups attached to an aromatic ring is 1. The Morgan fingerprint density at radius 2 is 2.22 bits per heavy atom. The van der Waals surface area contributed by atoms with Crippen LogP contribution in [-0.2, 0) is 10.0 Å². The fraction of sp³-hybridized carbons (Fsp3) is 0.500. The first-order valence-electron chi connectivity index (χ1n) is 6.03. The summed E-state index contributed by atoms with van der Waals surface area (Å²) in [5.74, 6) is 0. The number of nitrogens with two attached hydrogens (primary N) is 1. The lowest BCUT2D eigenvalue weighted by atomic mass is 10.2. The monoisotopic (exact) mass is 288 g/mol. The standard InChI is InChI=1S/C12H17ClN2O2S/c1-2-10-4-3-7-15(10)18(16,17)12-8-9(14)5-6-11(12)13/h5-6,8,10H,2-4,7,14H2,1H3. The van der Waals surface area contributed by atoms with Crippen LogP contribution in [0.1, 0.15) is 26.2 Å². The summed E-state index contributed by atoms with van der Waals surface area (Å²) in [6, 6.07) is 4.64. The quantitative estimate of drug-likeness (QED) is 0.869. The lowest BCUT2D eigenvalue weighted by molar-refractivity contribution is 0.379. The number of halogens is 1. The van der Waals surface area contributed by atoms with Crippen LogP contribution in [0, 0.1) is 0 Å². The van der Waals surface area contributed by atoms with Gasteiger partial charge in [-0.2, -0.15) is 4.31 Å². The Morgan fingerprint density at radius 3 is 2.89 bits per heavy atom. The molecular formula is C12H17ClN2O2S. The first kappa shape index (κ1) is 13.6. The summed E-state index contributed by atoms with van der Waals surface area (Å²) in [7, 11) is -3.53. The van der Waals surface area contributed by atoms with E-state index in [0.717, 1.165) is 19.3 Å². The highest BCUT2D eigenvalue weighted by Gasteiger charge is 2.35. The Bertz CT molecular complexity index is 545. The third kappa shape index (κ3) is 2.35. The van der Waals surface area contributed by atoms with E-state index >= 15 is 0 Å². The third-order valence-electron chi connectivity index (χ3n) is 3.34. The SMILES string of the molecule is CCC1CCCN1S(=O)(=O)c1cc(N)ccc1Cl. The Balaban J connectivity index is 2.45. The average Bonchev–Trinajstić information content (AvgIpc) is 2.81. The lowest BCUT2D eigenvalue weighted by Gasteiger charge is -2.23. The van der Waals surface area contributed by atoms with Gasteiger partial charge in [-0.1, -0.05) is 18.5 Å². The number of hydrogen-bond donors (Lipinski definition) is 1. The second kappa shape index (κ2) is 5.07. The molecule has 1 saturated heterocycles. The zero-order chi connectivity index (χ0) is 13.3. The summed E-state index contributed by atoms with van der Waals surface area (Å²) in [5, 5.41) is 0.228. The van der Waals surface area contributed by atoms with E-state index in [1.807, 2.05) is 6.92 Å². The molecule has 0 radical (unpaired) electrons. The predicted octanol–water partition coefficient (Wildman–Crippen LogP) is 2.49. The summed E-state index contributed by atoms with van der Waals surface area (Å²) in [4.78, 5) is 0.115. The fourth-order valence-electron chi connectivity index (χ4n) is 2.38. The zero-order valence-corrected chi connectivity index (χ0v) is 11.8. The van der Waals surface area contributed by atoms with E-state index in [1.165, 1.54) is 12.1 Å². The van der Waals surface area contributed by atoms with Gasteiger partial charge in [-0.25, -0.2) is 8.42 Å². The molecule has 4 nitrogen and oxygen atoms in total. The number of sulfonamides is 1. The molecule has 1 heterocycles. The number of nitrogens with zero attached hydrogens (tertiary/aromatic N) is 1. The van der Waals surface area contributed by atoms with Crippen LogP contribution < -0.4 is 5.73 Å². The number of hydrogen-bond acceptors (Lipinski definition) is 3. The second-order valence-corrected chi connectivity index (χ2v) is 6.78. The molecule has 0 aliphatic carbocycles. The van der Waals surface area contributed by atoms with Gasteiger partial charge in [-0.05, 0) is 37.5 Å². The molecule has 1 aliphatic rings. The highest BCUT2D eigenvalue weighted by Crippen LogP contribution is 2.32. The molecule has 0 bridgehead atoms. The van der Waals surface area contributed by atoms with Crippen molar-refractivity contribution in [3.63, 3.8) is 0 Å². The zero-order valence-electron chi connectivity index (χ0n) is 10.3. The van der Waals surface area contributed by atoms with Crippen molar-refractivity contribution in [1.29, 1.82) is 0 Å².